The number of hydrogen-bond donors (Lipinski definition) is 1. The predicted molar refractivity (Wildman–Crippen MR) is 81.0 cm³/mol. The number of benzene rings is 1. The summed E-state index contributed by atoms with van der Waals surface area (Å²) in [5.41, 5.74) is 6.58. The summed E-state index contributed by atoms with van der Waals surface area (Å²) in [6, 6.07) is 5.71. The van der Waals surface area contributed by atoms with Gasteiger partial charge in [0.1, 0.15) is 0 Å². The number of nitrogens with zero attached hydrogens (tertiary/aromatic N) is 1. The van der Waals surface area contributed by atoms with Crippen LogP contribution in [0.1, 0.15) is 12.5 Å². The Kier molecular flexibility index (Phi) is 11.8. The molecule has 0 aromatic heterocycles. The van der Waals surface area contributed by atoms with Crippen LogP contribution in [0.15, 0.2) is 18.2 Å². The molecule has 0 atom stereocenters. The van der Waals surface area contributed by atoms with E-state index >= 15 is 0 Å². The second kappa shape index (κ2) is 10.2. The number of rotatable bonds is 5. The van der Waals surface area contributed by atoms with Crippen molar-refractivity contribution in [2.45, 2.75) is 13.5 Å². The van der Waals surface area contributed by atoms with Crippen LogP contribution in [0.3, 0.4) is 0 Å². The van der Waals surface area contributed by atoms with E-state index in [1.165, 1.54) is 0 Å². The maximum absolute atomic E-state index is 6.10. The first-order valence-electron chi connectivity index (χ1n) is 5.04. The lowest BCUT2D eigenvalue weighted by molar-refractivity contribution is 0.288. The first kappa shape index (κ1) is 19.6. The maximum atomic E-state index is 6.10. The molecule has 1 aromatic carbocycles. The Morgan fingerprint density at radius 1 is 1.24 bits per heavy atom. The van der Waals surface area contributed by atoms with E-state index in [1.807, 2.05) is 12.1 Å². The minimum Gasteiger partial charge on any atom is -0.329 e. The van der Waals surface area contributed by atoms with Gasteiger partial charge in [-0.15, -0.1) is 24.8 Å². The molecule has 0 aliphatic carbocycles. The van der Waals surface area contributed by atoms with Gasteiger partial charge in [-0.05, 0) is 18.2 Å². The van der Waals surface area contributed by atoms with Gasteiger partial charge in [-0.3, -0.25) is 4.90 Å². The summed E-state index contributed by atoms with van der Waals surface area (Å²) in [5.74, 6) is 0. The van der Waals surface area contributed by atoms with E-state index in [4.69, 9.17) is 28.9 Å². The Morgan fingerprint density at radius 3 is 2.41 bits per heavy atom. The molecule has 2 N–H and O–H groups in total. The SMILES string of the molecule is CCN(CCN)Cc1cccc(Cl)c1Cl.Cl.Cl. The number of hydrogen-bond acceptors (Lipinski definition) is 2. The maximum Gasteiger partial charge on any atom is 0.0637 e. The molecule has 0 bridgehead atoms. The summed E-state index contributed by atoms with van der Waals surface area (Å²) >= 11 is 12.0. The normalized spacial score (nSPS) is 9.71. The summed E-state index contributed by atoms with van der Waals surface area (Å²) in [6.45, 7) is 5.40. The van der Waals surface area contributed by atoms with E-state index in [2.05, 4.69) is 11.8 Å². The van der Waals surface area contributed by atoms with Gasteiger partial charge in [0.25, 0.3) is 0 Å². The average Bonchev–Trinajstić information content (AvgIpc) is 2.24. The number of nitrogens with two attached hydrogens (primary N) is 1. The van der Waals surface area contributed by atoms with E-state index in [0.29, 0.717) is 16.6 Å². The molecule has 0 saturated carbocycles. The summed E-state index contributed by atoms with van der Waals surface area (Å²) in [7, 11) is 0. The molecule has 0 radical (unpaired) electrons. The largest absolute Gasteiger partial charge is 0.329 e. The molecule has 0 aliphatic rings. The highest BCUT2D eigenvalue weighted by molar-refractivity contribution is 6.42. The van der Waals surface area contributed by atoms with E-state index in [0.717, 1.165) is 25.2 Å². The molecule has 0 heterocycles. The Bertz CT molecular complexity index is 320. The predicted octanol–water partition coefficient (Wildman–Crippen LogP) is 3.62. The van der Waals surface area contributed by atoms with Crippen LogP contribution in [-0.4, -0.2) is 24.5 Å². The van der Waals surface area contributed by atoms with Crippen molar-refractivity contribution in [3.05, 3.63) is 33.8 Å². The third-order valence-corrected chi connectivity index (χ3v) is 3.18. The van der Waals surface area contributed by atoms with Gasteiger partial charge in [0, 0.05) is 19.6 Å². The Labute approximate surface area is 125 Å². The summed E-state index contributed by atoms with van der Waals surface area (Å²) < 4.78 is 0. The molecule has 2 nitrogen and oxygen atoms in total. The van der Waals surface area contributed by atoms with Crippen molar-refractivity contribution in [2.75, 3.05) is 19.6 Å². The van der Waals surface area contributed by atoms with Crippen LogP contribution in [0, 0.1) is 0 Å². The van der Waals surface area contributed by atoms with Gasteiger partial charge in [-0.2, -0.15) is 0 Å². The van der Waals surface area contributed by atoms with Gasteiger partial charge in [0.15, 0.2) is 0 Å². The fraction of sp³-hybridized carbons (Fsp3) is 0.455. The van der Waals surface area contributed by atoms with Gasteiger partial charge in [-0.1, -0.05) is 42.3 Å². The van der Waals surface area contributed by atoms with Crippen molar-refractivity contribution >= 4 is 48.0 Å². The fourth-order valence-electron chi connectivity index (χ4n) is 1.44. The molecule has 100 valence electrons. The van der Waals surface area contributed by atoms with Crippen molar-refractivity contribution in [1.82, 2.24) is 4.90 Å². The molecule has 0 unspecified atom stereocenters. The quantitative estimate of drug-likeness (QED) is 0.898. The highest BCUT2D eigenvalue weighted by Gasteiger charge is 2.08. The molecule has 17 heavy (non-hydrogen) atoms. The van der Waals surface area contributed by atoms with Gasteiger partial charge >= 0.3 is 0 Å². The third kappa shape index (κ3) is 6.14. The van der Waals surface area contributed by atoms with E-state index in [-0.39, 0.29) is 24.8 Å². The van der Waals surface area contributed by atoms with Gasteiger partial charge in [0.2, 0.25) is 0 Å². The summed E-state index contributed by atoms with van der Waals surface area (Å²) in [4.78, 5) is 2.23. The molecule has 0 amide bonds. The van der Waals surface area contributed by atoms with Crippen molar-refractivity contribution in [3.63, 3.8) is 0 Å². The molecule has 1 aromatic rings. The van der Waals surface area contributed by atoms with Crippen LogP contribution < -0.4 is 5.73 Å². The monoisotopic (exact) mass is 318 g/mol. The van der Waals surface area contributed by atoms with Crippen LogP contribution in [-0.2, 0) is 6.54 Å². The highest BCUT2D eigenvalue weighted by atomic mass is 35.5. The second-order valence-electron chi connectivity index (χ2n) is 3.37. The summed E-state index contributed by atoms with van der Waals surface area (Å²) in [5, 5.41) is 1.26. The molecule has 0 saturated heterocycles. The molecule has 0 aliphatic heterocycles. The highest BCUT2D eigenvalue weighted by Crippen LogP contribution is 2.26. The second-order valence-corrected chi connectivity index (χ2v) is 4.16. The standard InChI is InChI=1S/C11H16Cl2N2.2ClH/c1-2-15(7-6-14)8-9-4-3-5-10(12)11(9)13;;/h3-5H,2,6-8,14H2,1H3;2*1H. The molecule has 0 fully saturated rings. The smallest absolute Gasteiger partial charge is 0.0637 e. The van der Waals surface area contributed by atoms with Crippen molar-refractivity contribution < 1.29 is 0 Å². The average molecular weight is 320 g/mol. The molecular formula is C11H18Cl4N2. The minimum atomic E-state index is 0. The summed E-state index contributed by atoms with van der Waals surface area (Å²) in [6.07, 6.45) is 0. The zero-order chi connectivity index (χ0) is 11.3. The van der Waals surface area contributed by atoms with E-state index in [1.54, 1.807) is 6.07 Å². The minimum absolute atomic E-state index is 0. The van der Waals surface area contributed by atoms with Gasteiger partial charge in [0.05, 0.1) is 10.0 Å². The van der Waals surface area contributed by atoms with Gasteiger partial charge in [-0.25, -0.2) is 0 Å². The van der Waals surface area contributed by atoms with Crippen molar-refractivity contribution in [2.24, 2.45) is 5.73 Å². The molecule has 0 spiro atoms. The molecule has 6 heteroatoms. The van der Waals surface area contributed by atoms with Crippen molar-refractivity contribution in [3.8, 4) is 0 Å². The zero-order valence-electron chi connectivity index (χ0n) is 9.66. The first-order valence-corrected chi connectivity index (χ1v) is 5.80. The molecule has 1 rings (SSSR count). The Balaban J connectivity index is 0. The van der Waals surface area contributed by atoms with Crippen LogP contribution in [0.5, 0.6) is 0 Å². The van der Waals surface area contributed by atoms with Crippen LogP contribution in [0.2, 0.25) is 10.0 Å². The lowest BCUT2D eigenvalue weighted by Gasteiger charge is -2.20. The lowest BCUT2D eigenvalue weighted by Crippen LogP contribution is -2.28. The topological polar surface area (TPSA) is 29.3 Å². The lowest BCUT2D eigenvalue weighted by atomic mass is 10.2. The number of halogens is 4. The van der Waals surface area contributed by atoms with Crippen LogP contribution in [0.4, 0.5) is 0 Å². The Hall–Kier alpha value is 0.300. The van der Waals surface area contributed by atoms with Crippen LogP contribution in [0.25, 0.3) is 0 Å². The van der Waals surface area contributed by atoms with E-state index in [9.17, 15) is 0 Å². The third-order valence-electron chi connectivity index (χ3n) is 2.32. The van der Waals surface area contributed by atoms with Crippen molar-refractivity contribution in [1.29, 1.82) is 0 Å². The fourth-order valence-corrected chi connectivity index (χ4v) is 1.82. The molecular weight excluding hydrogens is 302 g/mol. The zero-order valence-corrected chi connectivity index (χ0v) is 12.8. The number of likely N-dealkylation sites (N-methyl/N-ethyl adjacent to an activating group) is 1. The van der Waals surface area contributed by atoms with E-state index < -0.39 is 0 Å². The van der Waals surface area contributed by atoms with Crippen LogP contribution >= 0.6 is 48.0 Å². The van der Waals surface area contributed by atoms with Gasteiger partial charge < -0.3 is 5.73 Å². The first-order chi connectivity index (χ1) is 7.19. The Morgan fingerprint density at radius 2 is 1.88 bits per heavy atom.